The average molecular weight is 369 g/mol. The van der Waals surface area contributed by atoms with Gasteiger partial charge >= 0.3 is 11.4 Å². The van der Waals surface area contributed by atoms with Crippen LogP contribution in [0.15, 0.2) is 30.4 Å². The minimum Gasteiger partial charge on any atom is -0.493 e. The zero-order valence-corrected chi connectivity index (χ0v) is 15.8. The summed E-state index contributed by atoms with van der Waals surface area (Å²) in [5.74, 6) is 1.08. The predicted octanol–water partition coefficient (Wildman–Crippen LogP) is 3.60. The molecular weight excluding hydrogens is 342 g/mol. The Morgan fingerprint density at radius 3 is 2.72 bits per heavy atom. The van der Waals surface area contributed by atoms with Crippen molar-refractivity contribution in [2.75, 3.05) is 7.11 Å². The summed E-state index contributed by atoms with van der Waals surface area (Å²) < 4.78 is 29.3. The number of methoxy groups -OCH3 is 1. The number of unbranched alkanes of at least 4 members (excludes halogenated alkanes) is 2. The Kier molecular flexibility index (Phi) is 9.87. The van der Waals surface area contributed by atoms with Crippen LogP contribution in [0.25, 0.3) is 0 Å². The summed E-state index contributed by atoms with van der Waals surface area (Å²) in [5.41, 5.74) is 0.820. The molecule has 0 heterocycles. The van der Waals surface area contributed by atoms with Gasteiger partial charge in [-0.05, 0) is 42.9 Å². The van der Waals surface area contributed by atoms with Gasteiger partial charge in [0, 0.05) is 13.0 Å². The minimum absolute atomic E-state index is 0.00333. The number of hydrogen-bond donors (Lipinski definition) is 2. The fourth-order valence-electron chi connectivity index (χ4n) is 2.17. The third-order valence-corrected chi connectivity index (χ3v) is 3.75. The van der Waals surface area contributed by atoms with Crippen LogP contribution in [0.5, 0.6) is 11.5 Å². The molecule has 1 atom stereocenters. The number of benzene rings is 1. The molecule has 0 radical (unpaired) electrons. The summed E-state index contributed by atoms with van der Waals surface area (Å²) >= 11 is -2.41. The molecule has 0 aliphatic heterocycles. The quantitative estimate of drug-likeness (QED) is 0.354. The van der Waals surface area contributed by atoms with Gasteiger partial charge in [-0.15, -0.1) is 0 Å². The third-order valence-electron chi connectivity index (χ3n) is 3.42. The summed E-state index contributed by atoms with van der Waals surface area (Å²) in [6.07, 6.45) is 7.68. The van der Waals surface area contributed by atoms with E-state index in [9.17, 15) is 9.00 Å². The van der Waals surface area contributed by atoms with Gasteiger partial charge in [-0.3, -0.25) is 9.35 Å². The first-order valence-electron chi connectivity index (χ1n) is 8.31. The number of carbonyl (C=O) groups is 1. The number of hydrogen-bond acceptors (Lipinski definition) is 4. The van der Waals surface area contributed by atoms with E-state index in [0.29, 0.717) is 24.6 Å². The zero-order chi connectivity index (χ0) is 18.7. The van der Waals surface area contributed by atoms with Crippen molar-refractivity contribution in [2.45, 2.75) is 46.1 Å². The molecule has 0 aliphatic rings. The lowest BCUT2D eigenvalue weighted by Crippen LogP contribution is -2.22. The van der Waals surface area contributed by atoms with Crippen molar-refractivity contribution in [3.8, 4) is 11.5 Å². The largest absolute Gasteiger partial charge is 0.493 e. The Balaban J connectivity index is 2.37. The molecule has 0 fully saturated rings. The van der Waals surface area contributed by atoms with Crippen LogP contribution < -0.4 is 14.2 Å². The summed E-state index contributed by atoms with van der Waals surface area (Å²) in [5, 5.41) is 2.86. The lowest BCUT2D eigenvalue weighted by molar-refractivity contribution is -0.121. The summed E-state index contributed by atoms with van der Waals surface area (Å²) in [4.78, 5) is 11.9. The van der Waals surface area contributed by atoms with Gasteiger partial charge in [0.05, 0.1) is 7.11 Å². The highest BCUT2D eigenvalue weighted by molar-refractivity contribution is 7.74. The predicted molar refractivity (Wildman–Crippen MR) is 98.7 cm³/mol. The van der Waals surface area contributed by atoms with Crippen LogP contribution in [-0.2, 0) is 22.7 Å². The Morgan fingerprint density at radius 2 is 2.08 bits per heavy atom. The average Bonchev–Trinajstić information content (AvgIpc) is 2.56. The fraction of sp³-hybridized carbons (Fsp3) is 0.500. The Hall–Kier alpha value is -1.86. The lowest BCUT2D eigenvalue weighted by Gasteiger charge is -2.10. The van der Waals surface area contributed by atoms with E-state index < -0.39 is 11.4 Å². The third kappa shape index (κ3) is 9.26. The van der Waals surface area contributed by atoms with E-state index in [1.54, 1.807) is 12.1 Å². The molecule has 140 valence electrons. The molecule has 0 bridgehead atoms. The normalized spacial score (nSPS) is 12.4. The number of nitrogens with one attached hydrogen (secondary N) is 1. The van der Waals surface area contributed by atoms with Gasteiger partial charge in [0.15, 0.2) is 11.5 Å². The highest BCUT2D eigenvalue weighted by Gasteiger charge is 2.09. The van der Waals surface area contributed by atoms with Gasteiger partial charge in [-0.1, -0.05) is 32.1 Å². The van der Waals surface area contributed by atoms with E-state index in [2.05, 4.69) is 31.3 Å². The van der Waals surface area contributed by atoms with Gasteiger partial charge in [-0.25, -0.2) is 0 Å². The molecule has 0 spiro atoms. The molecule has 0 saturated carbocycles. The number of allylic oxidation sites excluding steroid dienone is 2. The smallest absolute Gasteiger partial charge is 0.357 e. The molecule has 1 aromatic rings. The van der Waals surface area contributed by atoms with Crippen molar-refractivity contribution >= 4 is 17.3 Å². The number of ether oxygens (including phenoxy) is 1. The fourth-order valence-corrected chi connectivity index (χ4v) is 2.46. The van der Waals surface area contributed by atoms with Gasteiger partial charge in [0.2, 0.25) is 5.91 Å². The molecular formula is C18H27NO5S. The maximum absolute atomic E-state index is 11.9. The number of rotatable bonds is 11. The van der Waals surface area contributed by atoms with Gasteiger partial charge in [-0.2, -0.15) is 4.21 Å². The van der Waals surface area contributed by atoms with Gasteiger partial charge in [0.1, 0.15) is 0 Å². The first kappa shape index (κ1) is 21.2. The van der Waals surface area contributed by atoms with E-state index in [4.69, 9.17) is 13.5 Å². The molecule has 1 aromatic carbocycles. The van der Waals surface area contributed by atoms with Crippen molar-refractivity contribution in [3.05, 3.63) is 35.9 Å². The van der Waals surface area contributed by atoms with E-state index >= 15 is 0 Å². The monoisotopic (exact) mass is 369 g/mol. The number of carbonyl (C=O) groups excluding carboxylic acids is 1. The Morgan fingerprint density at radius 1 is 1.32 bits per heavy atom. The van der Waals surface area contributed by atoms with Crippen LogP contribution in [0.4, 0.5) is 0 Å². The molecule has 25 heavy (non-hydrogen) atoms. The van der Waals surface area contributed by atoms with E-state index in [1.807, 2.05) is 0 Å². The van der Waals surface area contributed by atoms with Crippen molar-refractivity contribution in [2.24, 2.45) is 5.92 Å². The maximum atomic E-state index is 11.9. The van der Waals surface area contributed by atoms with Crippen molar-refractivity contribution in [1.29, 1.82) is 0 Å². The SMILES string of the molecule is COc1cc(CNC(=O)CCCC/C=C/C(C)C)ccc1OS(=O)O. The molecule has 0 aromatic heterocycles. The Labute approximate surface area is 152 Å². The second-order valence-electron chi connectivity index (χ2n) is 5.98. The second-order valence-corrected chi connectivity index (χ2v) is 6.58. The van der Waals surface area contributed by atoms with Gasteiger partial charge in [0.25, 0.3) is 0 Å². The second kappa shape index (κ2) is 11.7. The molecule has 1 amide bonds. The summed E-state index contributed by atoms with van der Waals surface area (Å²) in [7, 11) is 1.44. The van der Waals surface area contributed by atoms with Crippen molar-refractivity contribution in [3.63, 3.8) is 0 Å². The van der Waals surface area contributed by atoms with Gasteiger partial charge < -0.3 is 14.2 Å². The van der Waals surface area contributed by atoms with E-state index in [0.717, 1.165) is 24.8 Å². The highest BCUT2D eigenvalue weighted by Crippen LogP contribution is 2.28. The van der Waals surface area contributed by atoms with E-state index in [1.165, 1.54) is 13.2 Å². The van der Waals surface area contributed by atoms with E-state index in [-0.39, 0.29) is 11.7 Å². The van der Waals surface area contributed by atoms with Crippen LogP contribution in [0.1, 0.15) is 45.1 Å². The lowest BCUT2D eigenvalue weighted by atomic mass is 10.1. The van der Waals surface area contributed by atoms with Crippen LogP contribution in [0.2, 0.25) is 0 Å². The van der Waals surface area contributed by atoms with Crippen LogP contribution in [0.3, 0.4) is 0 Å². The molecule has 1 unspecified atom stereocenters. The first-order valence-corrected chi connectivity index (χ1v) is 9.35. The van der Waals surface area contributed by atoms with Crippen molar-refractivity contribution < 1.29 is 22.5 Å². The first-order chi connectivity index (χ1) is 11.9. The minimum atomic E-state index is -2.41. The van der Waals surface area contributed by atoms with Crippen LogP contribution in [-0.4, -0.2) is 21.8 Å². The molecule has 2 N–H and O–H groups in total. The van der Waals surface area contributed by atoms with Crippen LogP contribution in [0, 0.1) is 5.92 Å². The van der Waals surface area contributed by atoms with Crippen molar-refractivity contribution in [1.82, 2.24) is 5.32 Å². The number of amides is 1. The summed E-state index contributed by atoms with van der Waals surface area (Å²) in [6, 6.07) is 4.91. The zero-order valence-electron chi connectivity index (χ0n) is 15.0. The maximum Gasteiger partial charge on any atom is 0.357 e. The topological polar surface area (TPSA) is 84.9 Å². The highest BCUT2D eigenvalue weighted by atomic mass is 32.2. The molecule has 7 heteroatoms. The molecule has 1 rings (SSSR count). The summed E-state index contributed by atoms with van der Waals surface area (Å²) in [6.45, 7) is 4.65. The van der Waals surface area contributed by atoms with Crippen LogP contribution >= 0.6 is 0 Å². The standard InChI is InChI=1S/C18H27NO5S/c1-14(2)8-6-4-5-7-9-18(20)19-13-15-10-11-16(24-25(21)22)17(12-15)23-3/h6,8,10-12,14H,4-5,7,9,13H2,1-3H3,(H,19,20)(H,21,22)/b8-6+. The molecule has 0 saturated heterocycles. The molecule has 6 nitrogen and oxygen atoms in total. The Bertz CT molecular complexity index is 601. The molecule has 0 aliphatic carbocycles.